The lowest BCUT2D eigenvalue weighted by atomic mass is 9.93. The molecule has 0 atom stereocenters. The number of hydrogen-bond acceptors (Lipinski definition) is 3. The van der Waals surface area contributed by atoms with Gasteiger partial charge in [-0.25, -0.2) is 0 Å². The third-order valence-corrected chi connectivity index (χ3v) is 3.29. The maximum atomic E-state index is 11.5. The van der Waals surface area contributed by atoms with Crippen LogP contribution in [0.3, 0.4) is 0 Å². The predicted molar refractivity (Wildman–Crippen MR) is 59.3 cm³/mol. The molecule has 0 amide bonds. The van der Waals surface area contributed by atoms with E-state index in [1.165, 1.54) is 11.8 Å². The molecular formula is C10H14OS2. The van der Waals surface area contributed by atoms with Gasteiger partial charge < -0.3 is 0 Å². The second kappa shape index (κ2) is 4.29. The summed E-state index contributed by atoms with van der Waals surface area (Å²) in [5.74, 6) is 0. The Bertz CT molecular complexity index is 270. The van der Waals surface area contributed by atoms with Crippen molar-refractivity contribution in [1.82, 2.24) is 0 Å². The summed E-state index contributed by atoms with van der Waals surface area (Å²) in [4.78, 5) is 11.5. The maximum absolute atomic E-state index is 11.5. The molecule has 1 aromatic rings. The zero-order valence-electron chi connectivity index (χ0n) is 8.16. The van der Waals surface area contributed by atoms with Gasteiger partial charge in [0, 0.05) is 6.42 Å². The summed E-state index contributed by atoms with van der Waals surface area (Å²) >= 11 is 2.98. The van der Waals surface area contributed by atoms with E-state index < -0.39 is 0 Å². The summed E-state index contributed by atoms with van der Waals surface area (Å²) in [5, 5.41) is 2.25. The smallest absolute Gasteiger partial charge is 0.194 e. The maximum Gasteiger partial charge on any atom is 0.194 e. The lowest BCUT2D eigenvalue weighted by Crippen LogP contribution is -2.09. The average molecular weight is 214 g/mol. The van der Waals surface area contributed by atoms with Crippen molar-refractivity contribution in [3.63, 3.8) is 0 Å². The fourth-order valence-corrected chi connectivity index (χ4v) is 2.87. The van der Waals surface area contributed by atoms with Gasteiger partial charge in [-0.2, -0.15) is 0 Å². The Morgan fingerprint density at radius 1 is 1.54 bits per heavy atom. The van der Waals surface area contributed by atoms with Crippen LogP contribution in [0.15, 0.2) is 21.7 Å². The highest BCUT2D eigenvalue weighted by Crippen LogP contribution is 2.29. The van der Waals surface area contributed by atoms with Crippen LogP contribution in [0.1, 0.15) is 27.2 Å². The molecule has 13 heavy (non-hydrogen) atoms. The predicted octanol–water partition coefficient (Wildman–Crippen LogP) is 3.80. The lowest BCUT2D eigenvalue weighted by molar-refractivity contribution is -0.112. The monoisotopic (exact) mass is 214 g/mol. The van der Waals surface area contributed by atoms with Crippen molar-refractivity contribution in [1.29, 1.82) is 0 Å². The standard InChI is InChI=1S/C10H14OS2/c1-10(2,3)7-8(11)13-9-5-4-6-12-9/h4-6H,7H2,1-3H3. The molecule has 1 nitrogen and oxygen atoms in total. The Hall–Kier alpha value is -0.280. The highest BCUT2D eigenvalue weighted by atomic mass is 32.2. The molecule has 0 N–H and O–H groups in total. The van der Waals surface area contributed by atoms with Gasteiger partial charge in [0.25, 0.3) is 0 Å². The van der Waals surface area contributed by atoms with E-state index in [0.717, 1.165) is 4.21 Å². The van der Waals surface area contributed by atoms with Crippen LogP contribution in [-0.2, 0) is 4.79 Å². The van der Waals surface area contributed by atoms with E-state index in [4.69, 9.17) is 0 Å². The molecule has 1 aromatic heterocycles. The topological polar surface area (TPSA) is 17.1 Å². The summed E-state index contributed by atoms with van der Waals surface area (Å²) in [7, 11) is 0. The first-order valence-electron chi connectivity index (χ1n) is 4.21. The number of rotatable bonds is 2. The van der Waals surface area contributed by atoms with Crippen LogP contribution in [0.25, 0.3) is 0 Å². The minimum Gasteiger partial charge on any atom is -0.287 e. The van der Waals surface area contributed by atoms with Crippen molar-refractivity contribution < 1.29 is 4.79 Å². The summed E-state index contributed by atoms with van der Waals surface area (Å²) < 4.78 is 1.09. The fourth-order valence-electron chi connectivity index (χ4n) is 0.903. The van der Waals surface area contributed by atoms with Crippen molar-refractivity contribution in [2.45, 2.75) is 31.4 Å². The molecule has 0 spiro atoms. The normalized spacial score (nSPS) is 11.6. The van der Waals surface area contributed by atoms with Gasteiger partial charge in [0.15, 0.2) is 5.12 Å². The quantitative estimate of drug-likeness (QED) is 0.696. The molecule has 0 aliphatic carbocycles. The minimum atomic E-state index is 0.0986. The van der Waals surface area contributed by atoms with Crippen LogP contribution in [0.4, 0.5) is 0 Å². The first-order chi connectivity index (χ1) is 5.97. The molecule has 3 heteroatoms. The van der Waals surface area contributed by atoms with Gasteiger partial charge in [-0.1, -0.05) is 26.8 Å². The average Bonchev–Trinajstić information content (AvgIpc) is 2.34. The minimum absolute atomic E-state index is 0.0986. The molecule has 72 valence electrons. The molecule has 1 heterocycles. The van der Waals surface area contributed by atoms with Gasteiger partial charge >= 0.3 is 0 Å². The van der Waals surface area contributed by atoms with Gasteiger partial charge in [0.2, 0.25) is 0 Å². The van der Waals surface area contributed by atoms with Gasteiger partial charge in [-0.05, 0) is 28.6 Å². The van der Waals surface area contributed by atoms with Crippen molar-refractivity contribution in [3.05, 3.63) is 17.5 Å². The zero-order chi connectivity index (χ0) is 9.90. The Balaban J connectivity index is 2.43. The van der Waals surface area contributed by atoms with Crippen LogP contribution >= 0.6 is 23.1 Å². The van der Waals surface area contributed by atoms with Crippen LogP contribution < -0.4 is 0 Å². The van der Waals surface area contributed by atoms with Crippen molar-refractivity contribution >= 4 is 28.2 Å². The first kappa shape index (κ1) is 10.8. The summed E-state index contributed by atoms with van der Waals surface area (Å²) in [6.07, 6.45) is 0.634. The van der Waals surface area contributed by atoms with E-state index in [2.05, 4.69) is 20.8 Å². The van der Waals surface area contributed by atoms with E-state index >= 15 is 0 Å². The largest absolute Gasteiger partial charge is 0.287 e. The van der Waals surface area contributed by atoms with Crippen LogP contribution in [0, 0.1) is 5.41 Å². The number of hydrogen-bond donors (Lipinski definition) is 0. The Labute approximate surface area is 87.5 Å². The Morgan fingerprint density at radius 2 is 2.23 bits per heavy atom. The second-order valence-electron chi connectivity index (χ2n) is 4.14. The molecule has 0 aromatic carbocycles. The number of carbonyl (C=O) groups is 1. The molecule has 0 saturated carbocycles. The number of thioether (sulfide) groups is 1. The van der Waals surface area contributed by atoms with Gasteiger partial charge in [-0.15, -0.1) is 11.3 Å². The van der Waals surface area contributed by atoms with Crippen molar-refractivity contribution in [2.24, 2.45) is 5.41 Å². The summed E-state index contributed by atoms with van der Waals surface area (Å²) in [6, 6.07) is 3.95. The zero-order valence-corrected chi connectivity index (χ0v) is 9.80. The van der Waals surface area contributed by atoms with E-state index in [1.54, 1.807) is 11.3 Å². The Kier molecular flexibility index (Phi) is 3.56. The molecule has 0 aliphatic rings. The number of thiophene rings is 1. The summed E-state index contributed by atoms with van der Waals surface area (Å²) in [6.45, 7) is 6.25. The molecule has 0 fully saturated rings. The fraction of sp³-hybridized carbons (Fsp3) is 0.500. The van der Waals surface area contributed by atoms with E-state index in [0.29, 0.717) is 6.42 Å². The summed E-state index contributed by atoms with van der Waals surface area (Å²) in [5.41, 5.74) is 0.0986. The van der Waals surface area contributed by atoms with Gasteiger partial charge in [0.05, 0.1) is 4.21 Å². The first-order valence-corrected chi connectivity index (χ1v) is 5.91. The van der Waals surface area contributed by atoms with Gasteiger partial charge in [0.1, 0.15) is 0 Å². The second-order valence-corrected chi connectivity index (χ2v) is 6.45. The third kappa shape index (κ3) is 4.48. The highest BCUT2D eigenvalue weighted by Gasteiger charge is 2.16. The SMILES string of the molecule is CC(C)(C)CC(=O)Sc1cccs1. The molecule has 0 bridgehead atoms. The van der Waals surface area contributed by atoms with Crippen LogP contribution in [0.5, 0.6) is 0 Å². The highest BCUT2D eigenvalue weighted by molar-refractivity contribution is 8.15. The van der Waals surface area contributed by atoms with E-state index in [9.17, 15) is 4.79 Å². The van der Waals surface area contributed by atoms with E-state index in [-0.39, 0.29) is 10.5 Å². The van der Waals surface area contributed by atoms with E-state index in [1.807, 2.05) is 17.5 Å². The van der Waals surface area contributed by atoms with Gasteiger partial charge in [-0.3, -0.25) is 4.79 Å². The van der Waals surface area contributed by atoms with Crippen LogP contribution in [0.2, 0.25) is 0 Å². The molecular weight excluding hydrogens is 200 g/mol. The lowest BCUT2D eigenvalue weighted by Gasteiger charge is -2.15. The van der Waals surface area contributed by atoms with Crippen LogP contribution in [-0.4, -0.2) is 5.12 Å². The molecule has 0 saturated heterocycles. The molecule has 0 radical (unpaired) electrons. The van der Waals surface area contributed by atoms with Crippen molar-refractivity contribution in [2.75, 3.05) is 0 Å². The third-order valence-electron chi connectivity index (χ3n) is 1.38. The number of carbonyl (C=O) groups excluding carboxylic acids is 1. The molecule has 1 rings (SSSR count). The molecule has 0 unspecified atom stereocenters. The van der Waals surface area contributed by atoms with Crippen molar-refractivity contribution in [3.8, 4) is 0 Å². The molecule has 0 aliphatic heterocycles. The Morgan fingerprint density at radius 3 is 2.69 bits per heavy atom.